The van der Waals surface area contributed by atoms with Crippen molar-refractivity contribution in [3.63, 3.8) is 0 Å². The van der Waals surface area contributed by atoms with Crippen LogP contribution in [0.4, 0.5) is 0 Å². The highest BCUT2D eigenvalue weighted by Crippen LogP contribution is 2.21. The molecule has 0 aromatic rings. The van der Waals surface area contributed by atoms with Crippen molar-refractivity contribution >= 4 is 11.9 Å². The molecule has 4 atom stereocenters. The van der Waals surface area contributed by atoms with E-state index in [0.717, 1.165) is 0 Å². The van der Waals surface area contributed by atoms with Crippen LogP contribution < -0.4 is 0 Å². The van der Waals surface area contributed by atoms with Gasteiger partial charge in [0.2, 0.25) is 0 Å². The molecule has 2 N–H and O–H groups in total. The van der Waals surface area contributed by atoms with E-state index in [0.29, 0.717) is 12.0 Å². The number of carbonyl (C=O) groups excluding carboxylic acids is 2. The van der Waals surface area contributed by atoms with Crippen LogP contribution in [0.2, 0.25) is 0 Å². The third-order valence-corrected chi connectivity index (χ3v) is 3.27. The highest BCUT2D eigenvalue weighted by Gasteiger charge is 2.32. The van der Waals surface area contributed by atoms with Crippen LogP contribution in [0.3, 0.4) is 0 Å². The summed E-state index contributed by atoms with van der Waals surface area (Å²) in [6, 6.07) is 0. The first-order valence-corrected chi connectivity index (χ1v) is 6.93. The largest absolute Gasteiger partial charge is 0.455 e. The van der Waals surface area contributed by atoms with E-state index in [4.69, 9.17) is 9.47 Å². The molecule has 0 bridgehead atoms. The summed E-state index contributed by atoms with van der Waals surface area (Å²) >= 11 is 0. The Morgan fingerprint density at radius 1 is 1.48 bits per heavy atom. The van der Waals surface area contributed by atoms with Gasteiger partial charge >= 0.3 is 11.9 Å². The van der Waals surface area contributed by atoms with Gasteiger partial charge in [-0.1, -0.05) is 12.2 Å². The molecular formula is C15H22O6. The molecule has 0 aromatic carbocycles. The van der Waals surface area contributed by atoms with Crippen LogP contribution >= 0.6 is 0 Å². The molecule has 0 saturated carbocycles. The van der Waals surface area contributed by atoms with Crippen LogP contribution in [0.15, 0.2) is 23.8 Å². The van der Waals surface area contributed by atoms with Gasteiger partial charge < -0.3 is 19.7 Å². The Kier molecular flexibility index (Phi) is 6.58. The molecular weight excluding hydrogens is 276 g/mol. The Bertz CT molecular complexity index is 437. The lowest BCUT2D eigenvalue weighted by atomic mass is 10.0. The lowest BCUT2D eigenvalue weighted by molar-refractivity contribution is -0.170. The normalized spacial score (nSPS) is 26.3. The van der Waals surface area contributed by atoms with Gasteiger partial charge in [-0.3, -0.25) is 4.79 Å². The van der Waals surface area contributed by atoms with Gasteiger partial charge in [0, 0.05) is 12.0 Å². The molecule has 1 rings (SSSR count). The molecule has 1 heterocycles. The maximum Gasteiger partial charge on any atom is 0.333 e. The van der Waals surface area contributed by atoms with E-state index in [9.17, 15) is 19.8 Å². The van der Waals surface area contributed by atoms with Crippen molar-refractivity contribution in [2.24, 2.45) is 0 Å². The van der Waals surface area contributed by atoms with Crippen LogP contribution in [-0.4, -0.2) is 46.6 Å². The number of hydrogen-bond donors (Lipinski definition) is 2. The summed E-state index contributed by atoms with van der Waals surface area (Å²) in [6.07, 6.45) is 1.59. The van der Waals surface area contributed by atoms with Crippen molar-refractivity contribution in [2.75, 3.05) is 0 Å². The van der Waals surface area contributed by atoms with Crippen LogP contribution in [0.25, 0.3) is 0 Å². The number of hydrogen-bond acceptors (Lipinski definition) is 6. The van der Waals surface area contributed by atoms with Crippen LogP contribution in [-0.2, 0) is 19.1 Å². The van der Waals surface area contributed by atoms with Crippen LogP contribution in [0.5, 0.6) is 0 Å². The van der Waals surface area contributed by atoms with Gasteiger partial charge in [-0.2, -0.15) is 0 Å². The first-order valence-electron chi connectivity index (χ1n) is 6.93. The lowest BCUT2D eigenvalue weighted by Gasteiger charge is -2.29. The molecule has 0 radical (unpaired) electrons. The Balaban J connectivity index is 2.75. The minimum absolute atomic E-state index is 0.177. The zero-order valence-electron chi connectivity index (χ0n) is 12.5. The van der Waals surface area contributed by atoms with Gasteiger partial charge in [0.1, 0.15) is 6.10 Å². The topological polar surface area (TPSA) is 93.1 Å². The molecule has 1 fully saturated rings. The SMILES string of the molecule is C/C=C(\C)C(=O)O[C@@H]1CCC(=O)O[C@H]1/C=C/[C@@H](O)[C@@H](C)O. The molecule has 21 heavy (non-hydrogen) atoms. The van der Waals surface area contributed by atoms with Crippen LogP contribution in [0.1, 0.15) is 33.6 Å². The molecule has 6 heteroatoms. The summed E-state index contributed by atoms with van der Waals surface area (Å²) in [6.45, 7) is 4.81. The van der Waals surface area contributed by atoms with Gasteiger partial charge in [0.25, 0.3) is 0 Å². The van der Waals surface area contributed by atoms with Gasteiger partial charge in [-0.25, -0.2) is 4.79 Å². The van der Waals surface area contributed by atoms with Crippen molar-refractivity contribution < 1.29 is 29.3 Å². The van der Waals surface area contributed by atoms with Crippen molar-refractivity contribution in [1.82, 2.24) is 0 Å². The van der Waals surface area contributed by atoms with E-state index in [1.807, 2.05) is 0 Å². The predicted molar refractivity (Wildman–Crippen MR) is 75.3 cm³/mol. The maximum absolute atomic E-state index is 11.8. The summed E-state index contributed by atoms with van der Waals surface area (Å²) in [7, 11) is 0. The Morgan fingerprint density at radius 2 is 2.14 bits per heavy atom. The molecule has 0 unspecified atom stereocenters. The average molecular weight is 298 g/mol. The third-order valence-electron chi connectivity index (χ3n) is 3.27. The number of rotatable bonds is 5. The molecule has 1 aliphatic rings. The van der Waals surface area contributed by atoms with Gasteiger partial charge in [0.15, 0.2) is 6.10 Å². The monoisotopic (exact) mass is 298 g/mol. The fraction of sp³-hybridized carbons (Fsp3) is 0.600. The van der Waals surface area contributed by atoms with Gasteiger partial charge in [0.05, 0.1) is 12.2 Å². The highest BCUT2D eigenvalue weighted by atomic mass is 16.6. The van der Waals surface area contributed by atoms with Gasteiger partial charge in [-0.05, 0) is 33.3 Å². The van der Waals surface area contributed by atoms with E-state index in [1.54, 1.807) is 19.9 Å². The molecule has 6 nitrogen and oxygen atoms in total. The molecule has 0 spiro atoms. The molecule has 1 aliphatic heterocycles. The Labute approximate surface area is 124 Å². The van der Waals surface area contributed by atoms with Crippen LogP contribution in [0, 0.1) is 0 Å². The second-order valence-electron chi connectivity index (χ2n) is 5.02. The quantitative estimate of drug-likeness (QED) is 0.444. The minimum atomic E-state index is -1.07. The number of aliphatic hydroxyl groups excluding tert-OH is 2. The number of carbonyl (C=O) groups is 2. The molecule has 1 saturated heterocycles. The van der Waals surface area contributed by atoms with Crippen molar-refractivity contribution in [3.8, 4) is 0 Å². The second kappa shape index (κ2) is 7.95. The summed E-state index contributed by atoms with van der Waals surface area (Å²) in [5, 5.41) is 18.7. The van der Waals surface area contributed by atoms with Crippen molar-refractivity contribution in [2.45, 2.75) is 58.0 Å². The minimum Gasteiger partial charge on any atom is -0.455 e. The van der Waals surface area contributed by atoms with Gasteiger partial charge in [-0.15, -0.1) is 0 Å². The lowest BCUT2D eigenvalue weighted by Crippen LogP contribution is -2.39. The van der Waals surface area contributed by atoms with E-state index in [2.05, 4.69) is 0 Å². The highest BCUT2D eigenvalue weighted by molar-refractivity contribution is 5.87. The van der Waals surface area contributed by atoms with Crippen molar-refractivity contribution in [3.05, 3.63) is 23.8 Å². The first kappa shape index (κ1) is 17.4. The fourth-order valence-corrected chi connectivity index (χ4v) is 1.73. The predicted octanol–water partition coefficient (Wildman–Crippen LogP) is 0.868. The van der Waals surface area contributed by atoms with E-state index < -0.39 is 30.4 Å². The summed E-state index contributed by atoms with van der Waals surface area (Å²) in [5.41, 5.74) is 0.471. The number of esters is 2. The molecule has 118 valence electrons. The zero-order chi connectivity index (χ0) is 16.0. The fourth-order valence-electron chi connectivity index (χ4n) is 1.73. The van der Waals surface area contributed by atoms with E-state index >= 15 is 0 Å². The molecule has 0 aliphatic carbocycles. The summed E-state index contributed by atoms with van der Waals surface area (Å²) in [4.78, 5) is 23.1. The Morgan fingerprint density at radius 3 is 2.71 bits per heavy atom. The zero-order valence-corrected chi connectivity index (χ0v) is 12.5. The molecule has 0 amide bonds. The number of ether oxygens (including phenoxy) is 2. The summed E-state index contributed by atoms with van der Waals surface area (Å²) in [5.74, 6) is -0.846. The second-order valence-corrected chi connectivity index (χ2v) is 5.02. The first-order chi connectivity index (χ1) is 9.85. The van der Waals surface area contributed by atoms with Crippen molar-refractivity contribution in [1.29, 1.82) is 0 Å². The third kappa shape index (κ3) is 5.32. The molecule has 0 aromatic heterocycles. The number of cyclic esters (lactones) is 1. The standard InChI is InChI=1S/C15H22O6/c1-4-9(2)15(19)21-13-7-8-14(18)20-12(13)6-5-11(17)10(3)16/h4-6,10-13,16-17H,7-8H2,1-3H3/b6-5+,9-4+/t10-,11-,12+,13-/m1/s1. The number of aliphatic hydroxyl groups is 2. The maximum atomic E-state index is 11.8. The average Bonchev–Trinajstić information content (AvgIpc) is 2.45. The smallest absolute Gasteiger partial charge is 0.333 e. The summed E-state index contributed by atoms with van der Waals surface area (Å²) < 4.78 is 10.4. The Hall–Kier alpha value is -1.66. The van der Waals surface area contributed by atoms with E-state index in [-0.39, 0.29) is 12.4 Å². The van der Waals surface area contributed by atoms with E-state index in [1.165, 1.54) is 19.1 Å². The number of allylic oxidation sites excluding steroid dienone is 1.